The Balaban J connectivity index is 2.26. The van der Waals surface area contributed by atoms with E-state index in [1.54, 1.807) is 6.07 Å². The minimum atomic E-state index is -4.89. The minimum Gasteiger partial charge on any atom is -0.207 e. The lowest BCUT2D eigenvalue weighted by Crippen LogP contribution is -2.07. The molecule has 0 saturated carbocycles. The van der Waals surface area contributed by atoms with Gasteiger partial charge >= 0.3 is 12.4 Å². The number of hydrogen-bond donors (Lipinski definition) is 1. The fourth-order valence-electron chi connectivity index (χ4n) is 2.52. The molecule has 144 valence electrons. The van der Waals surface area contributed by atoms with E-state index in [1.807, 2.05) is 0 Å². The highest BCUT2D eigenvalue weighted by molar-refractivity contribution is 5.75. The Morgan fingerprint density at radius 1 is 0.750 bits per heavy atom. The molecule has 2 aromatic carbocycles. The zero-order valence-corrected chi connectivity index (χ0v) is 13.5. The van der Waals surface area contributed by atoms with Gasteiger partial charge in [0, 0.05) is 5.56 Å². The Hall–Kier alpha value is -3.42. The van der Waals surface area contributed by atoms with Crippen molar-refractivity contribution in [3.8, 4) is 28.5 Å². The van der Waals surface area contributed by atoms with Gasteiger partial charge in [-0.05, 0) is 47.5 Å². The van der Waals surface area contributed by atoms with Gasteiger partial charge in [0.05, 0.1) is 11.1 Å². The van der Waals surface area contributed by atoms with Crippen molar-refractivity contribution in [2.75, 3.05) is 0 Å². The average Bonchev–Trinajstić information content (AvgIpc) is 3.08. The zero-order chi connectivity index (χ0) is 20.7. The van der Waals surface area contributed by atoms with Crippen molar-refractivity contribution in [2.45, 2.75) is 12.4 Å². The highest BCUT2D eigenvalue weighted by Gasteiger charge is 2.33. The van der Waals surface area contributed by atoms with Gasteiger partial charge in [-0.1, -0.05) is 0 Å². The monoisotopic (exact) mass is 400 g/mol. The number of H-pyrrole nitrogens is 1. The number of rotatable bonds is 2. The number of nitriles is 1. The standard InChI is InChI=1S/C17H7F7N4/c18-13-5-9(3-12(6-13)17(22,23)24)8-1-10(4-11(2-8)16(19,20)21)15-14(7-25)26-28-27-15/h1-6H,(H,26,27,28). The van der Waals surface area contributed by atoms with Crippen molar-refractivity contribution in [1.82, 2.24) is 15.4 Å². The quantitative estimate of drug-likeness (QED) is 0.603. The smallest absolute Gasteiger partial charge is 0.207 e. The van der Waals surface area contributed by atoms with Gasteiger partial charge in [0.15, 0.2) is 5.69 Å². The third kappa shape index (κ3) is 3.80. The van der Waals surface area contributed by atoms with Gasteiger partial charge in [-0.25, -0.2) is 4.39 Å². The first-order chi connectivity index (χ1) is 13.0. The van der Waals surface area contributed by atoms with Crippen LogP contribution in [0.2, 0.25) is 0 Å². The van der Waals surface area contributed by atoms with Crippen molar-refractivity contribution in [2.24, 2.45) is 0 Å². The van der Waals surface area contributed by atoms with Crippen LogP contribution in [0.5, 0.6) is 0 Å². The van der Waals surface area contributed by atoms with E-state index < -0.39 is 34.9 Å². The Morgan fingerprint density at radius 2 is 1.29 bits per heavy atom. The second-order valence-electron chi connectivity index (χ2n) is 5.66. The summed E-state index contributed by atoms with van der Waals surface area (Å²) in [5.41, 5.74) is -4.04. The number of hydrogen-bond acceptors (Lipinski definition) is 3. The van der Waals surface area contributed by atoms with Gasteiger partial charge in [0.1, 0.15) is 17.6 Å². The van der Waals surface area contributed by atoms with Crippen LogP contribution in [0.1, 0.15) is 16.8 Å². The van der Waals surface area contributed by atoms with Gasteiger partial charge in [-0.15, -0.1) is 5.10 Å². The molecule has 0 unspecified atom stereocenters. The molecule has 4 nitrogen and oxygen atoms in total. The van der Waals surface area contributed by atoms with E-state index in [0.29, 0.717) is 24.3 Å². The van der Waals surface area contributed by atoms with Crippen molar-refractivity contribution in [3.05, 3.63) is 59.0 Å². The molecule has 0 atom stereocenters. The molecule has 0 aliphatic carbocycles. The fraction of sp³-hybridized carbons (Fsp3) is 0.118. The van der Waals surface area contributed by atoms with Crippen LogP contribution in [0.3, 0.4) is 0 Å². The maximum Gasteiger partial charge on any atom is 0.416 e. The summed E-state index contributed by atoms with van der Waals surface area (Å²) in [5.74, 6) is -1.26. The first-order valence-corrected chi connectivity index (χ1v) is 7.41. The highest BCUT2D eigenvalue weighted by atomic mass is 19.4. The zero-order valence-electron chi connectivity index (χ0n) is 13.5. The van der Waals surface area contributed by atoms with E-state index in [4.69, 9.17) is 5.26 Å². The summed E-state index contributed by atoms with van der Waals surface area (Å²) < 4.78 is 92.3. The summed E-state index contributed by atoms with van der Waals surface area (Å²) in [7, 11) is 0. The molecule has 1 N–H and O–H groups in total. The Morgan fingerprint density at radius 3 is 1.86 bits per heavy atom. The van der Waals surface area contributed by atoms with E-state index in [0.717, 1.165) is 6.07 Å². The predicted molar refractivity (Wildman–Crippen MR) is 81.9 cm³/mol. The normalized spacial score (nSPS) is 12.1. The third-order valence-electron chi connectivity index (χ3n) is 3.75. The molecule has 3 rings (SSSR count). The number of nitrogens with one attached hydrogen (secondary N) is 1. The molecule has 0 fully saturated rings. The van der Waals surface area contributed by atoms with Gasteiger partial charge in [0.25, 0.3) is 0 Å². The predicted octanol–water partition coefficient (Wildman–Crippen LogP) is 5.19. The molecule has 3 aromatic rings. The number of nitrogens with zero attached hydrogens (tertiary/aromatic N) is 3. The van der Waals surface area contributed by atoms with Crippen LogP contribution < -0.4 is 0 Å². The Labute approximate surface area is 152 Å². The summed E-state index contributed by atoms with van der Waals surface area (Å²) >= 11 is 0. The van der Waals surface area contributed by atoms with Crippen molar-refractivity contribution in [1.29, 1.82) is 5.26 Å². The SMILES string of the molecule is N#Cc1n[nH]nc1-c1cc(-c2cc(F)cc(C(F)(F)F)c2)cc(C(F)(F)F)c1. The third-order valence-corrected chi connectivity index (χ3v) is 3.75. The molecule has 0 amide bonds. The number of benzene rings is 2. The number of halogens is 7. The van der Waals surface area contributed by atoms with E-state index in [-0.39, 0.29) is 28.6 Å². The summed E-state index contributed by atoms with van der Waals surface area (Å²) in [5, 5.41) is 18.2. The molecule has 11 heteroatoms. The van der Waals surface area contributed by atoms with Crippen LogP contribution >= 0.6 is 0 Å². The van der Waals surface area contributed by atoms with Crippen LogP contribution in [0.15, 0.2) is 36.4 Å². The van der Waals surface area contributed by atoms with Crippen LogP contribution in [0.4, 0.5) is 30.7 Å². The summed E-state index contributed by atoms with van der Waals surface area (Å²) in [6.07, 6.45) is -9.73. The summed E-state index contributed by atoms with van der Waals surface area (Å²) in [4.78, 5) is 0. The van der Waals surface area contributed by atoms with Crippen LogP contribution in [0, 0.1) is 17.1 Å². The summed E-state index contributed by atoms with van der Waals surface area (Å²) in [6, 6.07) is 5.43. The molecular weight excluding hydrogens is 393 g/mol. The number of alkyl halides is 6. The maximum absolute atomic E-state index is 13.7. The second-order valence-corrected chi connectivity index (χ2v) is 5.66. The van der Waals surface area contributed by atoms with E-state index >= 15 is 0 Å². The second kappa shape index (κ2) is 6.63. The van der Waals surface area contributed by atoms with Crippen molar-refractivity contribution >= 4 is 0 Å². The molecule has 0 aliphatic rings. The van der Waals surface area contributed by atoms with E-state index in [2.05, 4.69) is 15.4 Å². The fourth-order valence-corrected chi connectivity index (χ4v) is 2.52. The molecule has 1 aromatic heterocycles. The topological polar surface area (TPSA) is 65.4 Å². The highest BCUT2D eigenvalue weighted by Crippen LogP contribution is 2.38. The van der Waals surface area contributed by atoms with Crippen molar-refractivity contribution < 1.29 is 30.7 Å². The Bertz CT molecular complexity index is 1070. The molecule has 0 spiro atoms. The van der Waals surface area contributed by atoms with Gasteiger partial charge in [-0.2, -0.15) is 41.9 Å². The number of aromatic nitrogens is 3. The molecule has 0 saturated heterocycles. The average molecular weight is 400 g/mol. The molecule has 28 heavy (non-hydrogen) atoms. The summed E-state index contributed by atoms with van der Waals surface area (Å²) in [6.45, 7) is 0. The Kier molecular flexibility index (Phi) is 4.58. The largest absolute Gasteiger partial charge is 0.416 e. The maximum atomic E-state index is 13.7. The lowest BCUT2D eigenvalue weighted by Gasteiger charge is -2.13. The van der Waals surface area contributed by atoms with Crippen LogP contribution in [0.25, 0.3) is 22.4 Å². The van der Waals surface area contributed by atoms with Gasteiger partial charge in [-0.3, -0.25) is 0 Å². The van der Waals surface area contributed by atoms with Crippen LogP contribution in [-0.2, 0) is 12.4 Å². The first kappa shape index (κ1) is 19.3. The van der Waals surface area contributed by atoms with Gasteiger partial charge < -0.3 is 0 Å². The molecular formula is C17H7F7N4. The van der Waals surface area contributed by atoms with Crippen LogP contribution in [-0.4, -0.2) is 15.4 Å². The molecule has 0 radical (unpaired) electrons. The van der Waals surface area contributed by atoms with Crippen molar-refractivity contribution in [3.63, 3.8) is 0 Å². The molecule has 0 aliphatic heterocycles. The lowest BCUT2D eigenvalue weighted by atomic mass is 9.96. The molecule has 0 bridgehead atoms. The molecule has 1 heterocycles. The first-order valence-electron chi connectivity index (χ1n) is 7.41. The van der Waals surface area contributed by atoms with Gasteiger partial charge in [0.2, 0.25) is 0 Å². The minimum absolute atomic E-state index is 0.215. The number of aromatic amines is 1. The van der Waals surface area contributed by atoms with E-state index in [1.165, 1.54) is 0 Å². The van der Waals surface area contributed by atoms with E-state index in [9.17, 15) is 30.7 Å². The lowest BCUT2D eigenvalue weighted by molar-refractivity contribution is -0.138.